The summed E-state index contributed by atoms with van der Waals surface area (Å²) >= 11 is 0. The van der Waals surface area contributed by atoms with E-state index in [9.17, 15) is 9.90 Å². The predicted molar refractivity (Wildman–Crippen MR) is 101 cm³/mol. The number of aliphatic hydroxyl groups is 1. The Morgan fingerprint density at radius 3 is 2.15 bits per heavy atom. The lowest BCUT2D eigenvalue weighted by atomic mass is 9.82. The van der Waals surface area contributed by atoms with Gasteiger partial charge < -0.3 is 14.6 Å². The summed E-state index contributed by atoms with van der Waals surface area (Å²) in [5, 5.41) is 9.64. The SMILES string of the molecule is C=CC(=O)OCOc1ccc(-c2ccc(C3CCC(O)CC3)cc2)cc1. The van der Waals surface area contributed by atoms with Crippen LogP contribution in [0.3, 0.4) is 0 Å². The molecule has 1 saturated carbocycles. The molecule has 0 saturated heterocycles. The normalized spacial score (nSPS) is 19.6. The second-order valence-corrected chi connectivity index (χ2v) is 6.58. The lowest BCUT2D eigenvalue weighted by Gasteiger charge is -2.25. The summed E-state index contributed by atoms with van der Waals surface area (Å²) in [5.74, 6) is 0.693. The molecular formula is C22H24O4. The van der Waals surface area contributed by atoms with Crippen molar-refractivity contribution < 1.29 is 19.4 Å². The Kier molecular flexibility index (Phi) is 6.08. The van der Waals surface area contributed by atoms with E-state index < -0.39 is 5.97 Å². The third-order valence-corrected chi connectivity index (χ3v) is 4.86. The second kappa shape index (κ2) is 8.68. The van der Waals surface area contributed by atoms with Crippen molar-refractivity contribution in [2.75, 3.05) is 6.79 Å². The summed E-state index contributed by atoms with van der Waals surface area (Å²) in [5.41, 5.74) is 3.60. The fourth-order valence-corrected chi connectivity index (χ4v) is 3.32. The Bertz CT molecular complexity index is 726. The van der Waals surface area contributed by atoms with E-state index in [2.05, 4.69) is 30.8 Å². The first kappa shape index (κ1) is 18.2. The van der Waals surface area contributed by atoms with Crippen molar-refractivity contribution in [2.45, 2.75) is 37.7 Å². The molecule has 4 nitrogen and oxygen atoms in total. The van der Waals surface area contributed by atoms with Crippen LogP contribution >= 0.6 is 0 Å². The van der Waals surface area contributed by atoms with Crippen LogP contribution in [0, 0.1) is 0 Å². The highest BCUT2D eigenvalue weighted by Gasteiger charge is 2.20. The largest absolute Gasteiger partial charge is 0.457 e. The van der Waals surface area contributed by atoms with Gasteiger partial charge in [-0.2, -0.15) is 0 Å². The fourth-order valence-electron chi connectivity index (χ4n) is 3.32. The van der Waals surface area contributed by atoms with Crippen LogP contribution in [0.15, 0.2) is 61.2 Å². The van der Waals surface area contributed by atoms with E-state index in [1.807, 2.05) is 24.3 Å². The average molecular weight is 352 g/mol. The van der Waals surface area contributed by atoms with E-state index in [-0.39, 0.29) is 12.9 Å². The monoisotopic (exact) mass is 352 g/mol. The molecule has 1 aliphatic carbocycles. The van der Waals surface area contributed by atoms with E-state index in [1.54, 1.807) is 0 Å². The van der Waals surface area contributed by atoms with Gasteiger partial charge in [0.05, 0.1) is 6.10 Å². The lowest BCUT2D eigenvalue weighted by molar-refractivity contribution is -0.144. The number of benzene rings is 2. The van der Waals surface area contributed by atoms with Gasteiger partial charge in [0.25, 0.3) is 0 Å². The van der Waals surface area contributed by atoms with Gasteiger partial charge in [0.15, 0.2) is 0 Å². The van der Waals surface area contributed by atoms with Crippen molar-refractivity contribution in [3.63, 3.8) is 0 Å². The molecule has 0 radical (unpaired) electrons. The van der Waals surface area contributed by atoms with Gasteiger partial charge in [-0.15, -0.1) is 0 Å². The highest BCUT2D eigenvalue weighted by Crippen LogP contribution is 2.34. The molecule has 3 rings (SSSR count). The Morgan fingerprint density at radius 1 is 1.00 bits per heavy atom. The van der Waals surface area contributed by atoms with Crippen molar-refractivity contribution in [3.05, 3.63) is 66.7 Å². The van der Waals surface area contributed by atoms with Crippen LogP contribution in [0.2, 0.25) is 0 Å². The highest BCUT2D eigenvalue weighted by atomic mass is 16.7. The third-order valence-electron chi connectivity index (χ3n) is 4.86. The van der Waals surface area contributed by atoms with Gasteiger partial charge in [-0.3, -0.25) is 0 Å². The zero-order valence-electron chi connectivity index (χ0n) is 14.8. The van der Waals surface area contributed by atoms with Crippen LogP contribution in [0.4, 0.5) is 0 Å². The van der Waals surface area contributed by atoms with Crippen LogP contribution in [-0.4, -0.2) is 24.0 Å². The van der Waals surface area contributed by atoms with Gasteiger partial charge in [-0.05, 0) is 60.4 Å². The molecule has 0 amide bonds. The number of hydrogen-bond donors (Lipinski definition) is 1. The molecule has 136 valence electrons. The van der Waals surface area contributed by atoms with E-state index in [1.165, 1.54) is 5.56 Å². The van der Waals surface area contributed by atoms with E-state index in [0.717, 1.165) is 42.9 Å². The van der Waals surface area contributed by atoms with Crippen LogP contribution in [-0.2, 0) is 9.53 Å². The third kappa shape index (κ3) is 4.73. The summed E-state index contributed by atoms with van der Waals surface area (Å²) < 4.78 is 10.2. The minimum Gasteiger partial charge on any atom is -0.457 e. The maximum atomic E-state index is 11.0. The number of carbonyl (C=O) groups excluding carboxylic acids is 1. The number of ether oxygens (including phenoxy) is 2. The summed E-state index contributed by atoms with van der Waals surface area (Å²) in [6.07, 6.45) is 4.90. The molecule has 1 aliphatic rings. The van der Waals surface area contributed by atoms with Crippen LogP contribution < -0.4 is 4.74 Å². The van der Waals surface area contributed by atoms with Crippen LogP contribution in [0.5, 0.6) is 5.75 Å². The summed E-state index contributed by atoms with van der Waals surface area (Å²) in [7, 11) is 0. The highest BCUT2D eigenvalue weighted by molar-refractivity contribution is 5.81. The Labute approximate surface area is 154 Å². The summed E-state index contributed by atoms with van der Waals surface area (Å²) in [6, 6.07) is 16.3. The van der Waals surface area contributed by atoms with Gasteiger partial charge in [0, 0.05) is 6.08 Å². The number of aliphatic hydroxyl groups excluding tert-OH is 1. The van der Waals surface area contributed by atoms with E-state index in [0.29, 0.717) is 11.7 Å². The fraction of sp³-hybridized carbons (Fsp3) is 0.318. The standard InChI is InChI=1S/C22H24O4/c1-2-22(24)26-15-25-21-13-9-19(10-14-21)17-5-3-16(4-6-17)18-7-11-20(23)12-8-18/h2-6,9-10,13-14,18,20,23H,1,7-8,11-12,15H2. The second-order valence-electron chi connectivity index (χ2n) is 6.58. The lowest BCUT2D eigenvalue weighted by Crippen LogP contribution is -2.16. The van der Waals surface area contributed by atoms with Crippen molar-refractivity contribution in [1.29, 1.82) is 0 Å². The molecule has 0 bridgehead atoms. The molecule has 1 N–H and O–H groups in total. The van der Waals surface area contributed by atoms with Crippen molar-refractivity contribution in [2.24, 2.45) is 0 Å². The summed E-state index contributed by atoms with van der Waals surface area (Å²) in [6.45, 7) is 3.20. The molecule has 2 aromatic rings. The number of esters is 1. The van der Waals surface area contributed by atoms with Crippen LogP contribution in [0.25, 0.3) is 11.1 Å². The Morgan fingerprint density at radius 2 is 1.58 bits per heavy atom. The molecular weight excluding hydrogens is 328 g/mol. The molecule has 4 heteroatoms. The first-order chi connectivity index (χ1) is 12.7. The first-order valence-electron chi connectivity index (χ1n) is 8.96. The van der Waals surface area contributed by atoms with Crippen LogP contribution in [0.1, 0.15) is 37.2 Å². The maximum Gasteiger partial charge on any atom is 0.333 e. The minimum absolute atomic E-state index is 0.119. The number of rotatable bonds is 6. The quantitative estimate of drug-likeness (QED) is 0.474. The molecule has 1 fully saturated rings. The smallest absolute Gasteiger partial charge is 0.333 e. The van der Waals surface area contributed by atoms with E-state index >= 15 is 0 Å². The van der Waals surface area contributed by atoms with Gasteiger partial charge in [0.2, 0.25) is 6.79 Å². The number of hydrogen-bond acceptors (Lipinski definition) is 4. The zero-order chi connectivity index (χ0) is 18.4. The molecule has 0 heterocycles. The molecule has 2 aromatic carbocycles. The number of carbonyl (C=O) groups is 1. The van der Waals surface area contributed by atoms with Gasteiger partial charge >= 0.3 is 5.97 Å². The minimum atomic E-state index is -0.505. The van der Waals surface area contributed by atoms with Gasteiger partial charge in [0.1, 0.15) is 5.75 Å². The molecule has 26 heavy (non-hydrogen) atoms. The van der Waals surface area contributed by atoms with Crippen molar-refractivity contribution >= 4 is 5.97 Å². The van der Waals surface area contributed by atoms with Crippen molar-refractivity contribution in [3.8, 4) is 16.9 Å². The topological polar surface area (TPSA) is 55.8 Å². The molecule has 0 aliphatic heterocycles. The predicted octanol–water partition coefficient (Wildman–Crippen LogP) is 4.44. The van der Waals surface area contributed by atoms with E-state index in [4.69, 9.17) is 9.47 Å². The maximum absolute atomic E-state index is 11.0. The molecule has 0 aromatic heterocycles. The summed E-state index contributed by atoms with van der Waals surface area (Å²) in [4.78, 5) is 11.0. The molecule has 0 spiro atoms. The Hall–Kier alpha value is -2.59. The Balaban J connectivity index is 1.58. The van der Waals surface area contributed by atoms with Crippen molar-refractivity contribution in [1.82, 2.24) is 0 Å². The zero-order valence-corrected chi connectivity index (χ0v) is 14.8. The molecule has 0 unspecified atom stereocenters. The van der Waals surface area contributed by atoms with Gasteiger partial charge in [-0.25, -0.2) is 4.79 Å². The molecule has 0 atom stereocenters. The average Bonchev–Trinajstić information content (AvgIpc) is 2.69. The first-order valence-corrected chi connectivity index (χ1v) is 8.96. The van der Waals surface area contributed by atoms with Gasteiger partial charge in [-0.1, -0.05) is 43.0 Å².